The summed E-state index contributed by atoms with van der Waals surface area (Å²) in [4.78, 5) is 23.2. The lowest BCUT2D eigenvalue weighted by Gasteiger charge is -2.04. The van der Waals surface area contributed by atoms with Crippen LogP contribution in [0.3, 0.4) is 0 Å². The number of hydrogen-bond acceptors (Lipinski definition) is 8. The smallest absolute Gasteiger partial charge is 0.350 e. The summed E-state index contributed by atoms with van der Waals surface area (Å²) in [6.45, 7) is 1.95. The number of carbonyl (C=O) groups excluding carboxylic acids is 1. The zero-order chi connectivity index (χ0) is 19.5. The van der Waals surface area contributed by atoms with Crippen molar-refractivity contribution in [3.63, 3.8) is 0 Å². The minimum absolute atomic E-state index is 0.121. The number of aryl methyl sites for hydroxylation is 1. The molecule has 4 rings (SSSR count). The third kappa shape index (κ3) is 3.84. The SMILES string of the molecule is COc1ccccc1-c1nc(COC(=O)c2sc(-c3cccs3)nc2C)cs1. The van der Waals surface area contributed by atoms with Gasteiger partial charge in [-0.05, 0) is 30.5 Å². The topological polar surface area (TPSA) is 61.3 Å². The highest BCUT2D eigenvalue weighted by atomic mass is 32.1. The fourth-order valence-corrected chi connectivity index (χ4v) is 5.21. The minimum atomic E-state index is -0.371. The van der Waals surface area contributed by atoms with Gasteiger partial charge in [-0.15, -0.1) is 34.0 Å². The first kappa shape index (κ1) is 18.8. The molecule has 8 heteroatoms. The van der Waals surface area contributed by atoms with E-state index in [9.17, 15) is 4.79 Å². The number of para-hydroxylation sites is 1. The molecule has 0 unspecified atom stereocenters. The van der Waals surface area contributed by atoms with Crippen LogP contribution in [0.2, 0.25) is 0 Å². The number of thiazole rings is 2. The van der Waals surface area contributed by atoms with Crippen LogP contribution in [0.1, 0.15) is 21.1 Å². The Hall–Kier alpha value is -2.55. The summed E-state index contributed by atoms with van der Waals surface area (Å²) >= 11 is 4.45. The van der Waals surface area contributed by atoms with Gasteiger partial charge < -0.3 is 9.47 Å². The standard InChI is InChI=1S/C20H16N2O3S3/c1-12-17(28-19(21-12)16-8-5-9-26-16)20(23)25-10-13-11-27-18(22-13)14-6-3-4-7-15(14)24-2/h3-9,11H,10H2,1-2H3. The Balaban J connectivity index is 1.45. The zero-order valence-corrected chi connectivity index (χ0v) is 17.6. The van der Waals surface area contributed by atoms with Crippen molar-refractivity contribution in [1.29, 1.82) is 0 Å². The maximum Gasteiger partial charge on any atom is 0.350 e. The Morgan fingerprint density at radius 1 is 1.07 bits per heavy atom. The van der Waals surface area contributed by atoms with E-state index in [1.165, 1.54) is 22.7 Å². The van der Waals surface area contributed by atoms with Crippen molar-refractivity contribution in [2.45, 2.75) is 13.5 Å². The number of methoxy groups -OCH3 is 1. The Labute approximate surface area is 174 Å². The van der Waals surface area contributed by atoms with Crippen molar-refractivity contribution in [3.8, 4) is 26.2 Å². The van der Waals surface area contributed by atoms with Crippen molar-refractivity contribution >= 4 is 40.0 Å². The molecule has 142 valence electrons. The van der Waals surface area contributed by atoms with Crippen LogP contribution in [0.15, 0.2) is 47.2 Å². The van der Waals surface area contributed by atoms with Crippen molar-refractivity contribution in [3.05, 3.63) is 63.4 Å². The molecule has 0 N–H and O–H groups in total. The van der Waals surface area contributed by atoms with Crippen LogP contribution in [0.5, 0.6) is 5.75 Å². The molecule has 5 nitrogen and oxygen atoms in total. The molecular weight excluding hydrogens is 412 g/mol. The molecule has 0 aliphatic carbocycles. The van der Waals surface area contributed by atoms with Crippen molar-refractivity contribution in [1.82, 2.24) is 9.97 Å². The third-order valence-corrected chi connectivity index (χ3v) is 7.06. The van der Waals surface area contributed by atoms with Crippen molar-refractivity contribution in [2.24, 2.45) is 0 Å². The summed E-state index contributed by atoms with van der Waals surface area (Å²) < 4.78 is 10.9. The van der Waals surface area contributed by atoms with E-state index in [2.05, 4.69) is 9.97 Å². The molecule has 0 spiro atoms. The number of aromatic nitrogens is 2. The molecule has 0 aliphatic heterocycles. The summed E-state index contributed by atoms with van der Waals surface area (Å²) in [6.07, 6.45) is 0. The summed E-state index contributed by atoms with van der Waals surface area (Å²) in [6, 6.07) is 11.7. The molecule has 4 aromatic rings. The van der Waals surface area contributed by atoms with Crippen LogP contribution in [0.25, 0.3) is 20.5 Å². The van der Waals surface area contributed by atoms with E-state index in [1.807, 2.05) is 54.1 Å². The van der Waals surface area contributed by atoms with Crippen LogP contribution in [0, 0.1) is 6.92 Å². The largest absolute Gasteiger partial charge is 0.496 e. The number of rotatable bonds is 6. The molecule has 0 atom stereocenters. The average molecular weight is 429 g/mol. The summed E-state index contributed by atoms with van der Waals surface area (Å²) in [7, 11) is 1.64. The number of thiophene rings is 1. The molecule has 0 bridgehead atoms. The lowest BCUT2D eigenvalue weighted by atomic mass is 10.2. The van der Waals surface area contributed by atoms with Gasteiger partial charge in [0.1, 0.15) is 27.2 Å². The molecule has 0 fully saturated rings. The molecule has 0 aliphatic rings. The van der Waals surface area contributed by atoms with Gasteiger partial charge in [-0.1, -0.05) is 18.2 Å². The van der Waals surface area contributed by atoms with Gasteiger partial charge in [-0.25, -0.2) is 14.8 Å². The van der Waals surface area contributed by atoms with Crippen LogP contribution in [-0.2, 0) is 11.3 Å². The van der Waals surface area contributed by atoms with Crippen LogP contribution < -0.4 is 4.74 Å². The number of carbonyl (C=O) groups is 1. The second kappa shape index (κ2) is 8.22. The summed E-state index contributed by atoms with van der Waals surface area (Å²) in [5, 5.41) is 5.56. The van der Waals surface area contributed by atoms with Gasteiger partial charge in [0.05, 0.1) is 28.9 Å². The van der Waals surface area contributed by atoms with Gasteiger partial charge in [0.2, 0.25) is 0 Å². The van der Waals surface area contributed by atoms with Crippen LogP contribution in [0.4, 0.5) is 0 Å². The maximum atomic E-state index is 12.5. The second-order valence-corrected chi connectivity index (χ2v) is 8.64. The Kier molecular flexibility index (Phi) is 5.52. The Bertz CT molecular complexity index is 1100. The van der Waals surface area contributed by atoms with E-state index in [4.69, 9.17) is 9.47 Å². The second-order valence-electron chi connectivity index (χ2n) is 5.83. The van der Waals surface area contributed by atoms with Gasteiger partial charge in [0.15, 0.2) is 0 Å². The first-order valence-corrected chi connectivity index (χ1v) is 11.0. The molecule has 0 saturated carbocycles. The average Bonchev–Trinajstić information content (AvgIpc) is 3.46. The van der Waals surface area contributed by atoms with Gasteiger partial charge in [-0.2, -0.15) is 0 Å². The van der Waals surface area contributed by atoms with Gasteiger partial charge in [-0.3, -0.25) is 0 Å². The molecule has 28 heavy (non-hydrogen) atoms. The fourth-order valence-electron chi connectivity index (χ4n) is 2.61. The predicted octanol–water partition coefficient (Wildman–Crippen LogP) is 5.67. The monoisotopic (exact) mass is 428 g/mol. The highest BCUT2D eigenvalue weighted by Gasteiger charge is 2.19. The summed E-state index contributed by atoms with van der Waals surface area (Å²) in [5.41, 5.74) is 2.32. The minimum Gasteiger partial charge on any atom is -0.496 e. The molecule has 3 aromatic heterocycles. The number of hydrogen-bond donors (Lipinski definition) is 0. The van der Waals surface area contributed by atoms with E-state index in [1.54, 1.807) is 18.4 Å². The van der Waals surface area contributed by atoms with E-state index in [0.29, 0.717) is 16.3 Å². The zero-order valence-electron chi connectivity index (χ0n) is 15.2. The number of ether oxygens (including phenoxy) is 2. The maximum absolute atomic E-state index is 12.5. The fraction of sp³-hybridized carbons (Fsp3) is 0.150. The molecule has 0 radical (unpaired) electrons. The number of esters is 1. The quantitative estimate of drug-likeness (QED) is 0.370. The Morgan fingerprint density at radius 3 is 2.71 bits per heavy atom. The van der Waals surface area contributed by atoms with E-state index >= 15 is 0 Å². The van der Waals surface area contributed by atoms with Crippen LogP contribution >= 0.6 is 34.0 Å². The lowest BCUT2D eigenvalue weighted by Crippen LogP contribution is -2.05. The normalized spacial score (nSPS) is 10.8. The predicted molar refractivity (Wildman–Crippen MR) is 113 cm³/mol. The molecule has 0 amide bonds. The lowest BCUT2D eigenvalue weighted by molar-refractivity contribution is 0.0473. The molecule has 1 aromatic carbocycles. The van der Waals surface area contributed by atoms with E-state index < -0.39 is 0 Å². The highest BCUT2D eigenvalue weighted by Crippen LogP contribution is 2.33. The summed E-state index contributed by atoms with van der Waals surface area (Å²) in [5.74, 6) is 0.395. The van der Waals surface area contributed by atoms with E-state index in [-0.39, 0.29) is 12.6 Å². The number of benzene rings is 1. The number of nitrogens with zero attached hydrogens (tertiary/aromatic N) is 2. The van der Waals surface area contributed by atoms with Crippen molar-refractivity contribution < 1.29 is 14.3 Å². The van der Waals surface area contributed by atoms with Gasteiger partial charge in [0, 0.05) is 5.38 Å². The van der Waals surface area contributed by atoms with Gasteiger partial charge in [0.25, 0.3) is 0 Å². The first-order valence-electron chi connectivity index (χ1n) is 8.42. The third-order valence-electron chi connectivity index (χ3n) is 3.95. The van der Waals surface area contributed by atoms with E-state index in [0.717, 1.165) is 26.2 Å². The molecule has 3 heterocycles. The highest BCUT2D eigenvalue weighted by molar-refractivity contribution is 7.22. The van der Waals surface area contributed by atoms with Gasteiger partial charge >= 0.3 is 5.97 Å². The Morgan fingerprint density at radius 2 is 1.93 bits per heavy atom. The first-order chi connectivity index (χ1) is 13.7. The molecular formula is C20H16N2O3S3. The van der Waals surface area contributed by atoms with Crippen LogP contribution in [-0.4, -0.2) is 23.0 Å². The molecule has 0 saturated heterocycles. The van der Waals surface area contributed by atoms with Crippen molar-refractivity contribution in [2.75, 3.05) is 7.11 Å².